The quantitative estimate of drug-likeness (QED) is 0.128. The number of allylic oxidation sites excluding steroid dienone is 1. The van der Waals surface area contributed by atoms with Crippen molar-refractivity contribution in [2.24, 2.45) is 0 Å². The van der Waals surface area contributed by atoms with Gasteiger partial charge >= 0.3 is 10.1 Å². The van der Waals surface area contributed by atoms with Crippen LogP contribution in [0.5, 0.6) is 0 Å². The zero-order valence-corrected chi connectivity index (χ0v) is 27.0. The number of likely N-dealkylation sites (N-methyl/N-ethyl adjacent to an activating group) is 1. The van der Waals surface area contributed by atoms with Gasteiger partial charge in [-0.05, 0) is 65.4 Å². The molecule has 1 aliphatic rings. The van der Waals surface area contributed by atoms with Crippen molar-refractivity contribution in [3.63, 3.8) is 0 Å². The first-order valence-corrected chi connectivity index (χ1v) is 18.0. The van der Waals surface area contributed by atoms with Crippen LogP contribution in [-0.2, 0) is 34.4 Å². The summed E-state index contributed by atoms with van der Waals surface area (Å²) in [4.78, 5) is 13.3. The average Bonchev–Trinajstić information content (AvgIpc) is 3.04. The third-order valence-electron chi connectivity index (χ3n) is 6.86. The minimum absolute atomic E-state index is 0.00533. The maximum absolute atomic E-state index is 13.7. The highest BCUT2D eigenvalue weighted by molar-refractivity contribution is 7.89. The fourth-order valence-electron chi connectivity index (χ4n) is 4.57. The Hall–Kier alpha value is -4.53. The Kier molecular flexibility index (Phi) is 9.07. The van der Waals surface area contributed by atoms with Crippen LogP contribution in [0.1, 0.15) is 15.9 Å². The van der Waals surface area contributed by atoms with Crippen LogP contribution in [0.15, 0.2) is 142 Å². The number of nitrogens with zero attached hydrogens (tertiary/aromatic N) is 1. The summed E-state index contributed by atoms with van der Waals surface area (Å²) in [5.74, 6) is -1.03. The third kappa shape index (κ3) is 6.69. The van der Waals surface area contributed by atoms with Crippen LogP contribution in [-0.4, -0.2) is 46.9 Å². The first-order valence-electron chi connectivity index (χ1n) is 13.3. The van der Waals surface area contributed by atoms with Crippen LogP contribution in [0.25, 0.3) is 16.5 Å². The molecule has 5 aromatic rings. The molecule has 236 valence electrons. The topological polar surface area (TPSA) is 152 Å². The molecule has 0 spiro atoms. The summed E-state index contributed by atoms with van der Waals surface area (Å²) in [6, 6.07) is 30.9. The van der Waals surface area contributed by atoms with Gasteiger partial charge in [-0.15, -0.1) is 0 Å². The highest BCUT2D eigenvalue weighted by atomic mass is 35.5. The zero-order valence-electron chi connectivity index (χ0n) is 23.8. The standard InChI is InChI=1S/C26H19NO6S2.C6H5ClO3S/c1-27-24(25(28)20-16-15-18-9-5-6-10-19(18)17-20)26(22-13-7-8-14-23(22)34(27,29)30)33-35(31,32)21-11-3-2-4-12-21;7-5-1-3-6(4-2-5)11(8,9)10/h2-17H,1H3;1-4H,(H,8,9,10). The van der Waals surface area contributed by atoms with Crippen molar-refractivity contribution in [2.75, 3.05) is 7.05 Å². The molecule has 0 fully saturated rings. The normalized spacial score (nSPS) is 14.2. The average molecular weight is 698 g/mol. The van der Waals surface area contributed by atoms with Gasteiger partial charge in [0.1, 0.15) is 10.6 Å². The van der Waals surface area contributed by atoms with Crippen LogP contribution < -0.4 is 0 Å². The monoisotopic (exact) mass is 697 g/mol. The van der Waals surface area contributed by atoms with Gasteiger partial charge in [0.2, 0.25) is 5.78 Å². The van der Waals surface area contributed by atoms with Crippen LogP contribution >= 0.6 is 11.6 Å². The molecule has 14 heteroatoms. The Morgan fingerprint density at radius 3 is 1.98 bits per heavy atom. The lowest BCUT2D eigenvalue weighted by Crippen LogP contribution is -2.36. The summed E-state index contributed by atoms with van der Waals surface area (Å²) < 4.78 is 88.5. The van der Waals surface area contributed by atoms with Crippen LogP contribution in [0.2, 0.25) is 5.02 Å². The lowest BCUT2D eigenvalue weighted by atomic mass is 10.0. The van der Waals surface area contributed by atoms with Crippen molar-refractivity contribution >= 4 is 64.2 Å². The van der Waals surface area contributed by atoms with Gasteiger partial charge in [-0.2, -0.15) is 16.8 Å². The summed E-state index contributed by atoms with van der Waals surface area (Å²) in [5, 5.41) is 2.11. The molecule has 0 unspecified atom stereocenters. The van der Waals surface area contributed by atoms with Gasteiger partial charge in [-0.3, -0.25) is 13.7 Å². The van der Waals surface area contributed by atoms with E-state index in [1.54, 1.807) is 30.3 Å². The van der Waals surface area contributed by atoms with Crippen molar-refractivity contribution in [1.82, 2.24) is 4.31 Å². The summed E-state index contributed by atoms with van der Waals surface area (Å²) in [6.45, 7) is 0. The van der Waals surface area contributed by atoms with E-state index in [1.807, 2.05) is 24.3 Å². The summed E-state index contributed by atoms with van der Waals surface area (Å²) in [7, 11) is -11.4. The Morgan fingerprint density at radius 2 is 1.33 bits per heavy atom. The Balaban J connectivity index is 0.000000322. The highest BCUT2D eigenvalue weighted by Crippen LogP contribution is 2.39. The predicted octanol–water partition coefficient (Wildman–Crippen LogP) is 6.02. The second-order valence-electron chi connectivity index (χ2n) is 9.82. The third-order valence-corrected chi connectivity index (χ3v) is 11.0. The van der Waals surface area contributed by atoms with Gasteiger partial charge in [-0.1, -0.05) is 78.3 Å². The molecule has 0 amide bonds. The number of ketones is 1. The summed E-state index contributed by atoms with van der Waals surface area (Å²) >= 11 is 5.49. The molecule has 0 radical (unpaired) electrons. The Morgan fingerprint density at radius 1 is 0.739 bits per heavy atom. The molecule has 6 rings (SSSR count). The lowest BCUT2D eigenvalue weighted by molar-refractivity contribution is 0.101. The van der Waals surface area contributed by atoms with Crippen molar-refractivity contribution in [3.05, 3.63) is 143 Å². The van der Waals surface area contributed by atoms with E-state index in [2.05, 4.69) is 0 Å². The van der Waals surface area contributed by atoms with E-state index in [9.17, 15) is 30.0 Å². The smallest absolute Gasteiger partial charge is 0.339 e. The number of rotatable bonds is 6. The number of benzene rings is 5. The van der Waals surface area contributed by atoms with Gasteiger partial charge in [0.15, 0.2) is 5.76 Å². The molecule has 0 bridgehead atoms. The zero-order chi connectivity index (χ0) is 33.3. The molecule has 1 heterocycles. The molecule has 0 saturated heterocycles. The maximum atomic E-state index is 13.7. The maximum Gasteiger partial charge on any atom is 0.339 e. The molecule has 10 nitrogen and oxygen atoms in total. The fraction of sp³-hybridized carbons (Fsp3) is 0.0312. The molecule has 0 atom stereocenters. The first-order chi connectivity index (χ1) is 21.7. The number of hydrogen-bond donors (Lipinski definition) is 1. The molecule has 1 aliphatic heterocycles. The van der Waals surface area contributed by atoms with Gasteiger partial charge < -0.3 is 4.18 Å². The van der Waals surface area contributed by atoms with Gasteiger partial charge in [-0.25, -0.2) is 8.42 Å². The van der Waals surface area contributed by atoms with Crippen molar-refractivity contribution in [3.8, 4) is 0 Å². The molecule has 0 aliphatic carbocycles. The molecule has 46 heavy (non-hydrogen) atoms. The second kappa shape index (κ2) is 12.7. The van der Waals surface area contributed by atoms with E-state index in [1.165, 1.54) is 73.8 Å². The minimum Gasteiger partial charge on any atom is -0.376 e. The number of hydrogen-bond acceptors (Lipinski definition) is 8. The van der Waals surface area contributed by atoms with Gasteiger partial charge in [0.05, 0.1) is 9.79 Å². The number of carbonyl (C=O) groups excluding carboxylic acids is 1. The van der Waals surface area contributed by atoms with Crippen molar-refractivity contribution in [1.29, 1.82) is 0 Å². The van der Waals surface area contributed by atoms with Crippen LogP contribution in [0.4, 0.5) is 0 Å². The van der Waals surface area contributed by atoms with E-state index >= 15 is 0 Å². The molecule has 5 aromatic carbocycles. The predicted molar refractivity (Wildman–Crippen MR) is 173 cm³/mol. The highest BCUT2D eigenvalue weighted by Gasteiger charge is 2.40. The number of carbonyl (C=O) groups is 1. The van der Waals surface area contributed by atoms with Gasteiger partial charge in [0, 0.05) is 23.2 Å². The number of halogens is 1. The first kappa shape index (κ1) is 32.9. The van der Waals surface area contributed by atoms with E-state index < -0.39 is 41.7 Å². The Bertz CT molecular complexity index is 2320. The largest absolute Gasteiger partial charge is 0.376 e. The van der Waals surface area contributed by atoms with Crippen LogP contribution in [0.3, 0.4) is 0 Å². The molecular weight excluding hydrogens is 674 g/mol. The number of fused-ring (bicyclic) bond motifs is 2. The van der Waals surface area contributed by atoms with E-state index in [0.717, 1.165) is 15.1 Å². The van der Waals surface area contributed by atoms with E-state index in [4.69, 9.17) is 20.3 Å². The summed E-state index contributed by atoms with van der Waals surface area (Å²) in [6.07, 6.45) is 0. The second-order valence-corrected chi connectivity index (χ2v) is 15.2. The molecule has 0 saturated carbocycles. The lowest BCUT2D eigenvalue weighted by Gasteiger charge is -2.30. The summed E-state index contributed by atoms with van der Waals surface area (Å²) in [5.41, 5.74) is -0.203. The number of sulfonamides is 1. The van der Waals surface area contributed by atoms with E-state index in [0.29, 0.717) is 5.02 Å². The van der Waals surface area contributed by atoms with Crippen LogP contribution in [0, 0.1) is 0 Å². The number of Topliss-reactive ketones (excluding diaryl/α,β-unsaturated/α-hetero) is 1. The van der Waals surface area contributed by atoms with Crippen molar-refractivity contribution < 1.29 is 38.8 Å². The van der Waals surface area contributed by atoms with E-state index in [-0.39, 0.29) is 31.6 Å². The molecule has 1 N–H and O–H groups in total. The van der Waals surface area contributed by atoms with Gasteiger partial charge in [0.25, 0.3) is 20.1 Å². The molecule has 0 aromatic heterocycles. The minimum atomic E-state index is -4.38. The van der Waals surface area contributed by atoms with Crippen molar-refractivity contribution in [2.45, 2.75) is 14.7 Å². The Labute approximate surface area is 271 Å². The SMILES string of the molecule is CN1C(C(=O)c2ccc3ccccc3c2)=C(OS(=O)(=O)c2ccccc2)c2ccccc2S1(=O)=O.O=S(=O)(O)c1ccc(Cl)cc1. The fourth-order valence-corrected chi connectivity index (χ4v) is 7.54. The molecular formula is C32H24ClNO9S3.